The molecule has 0 aliphatic carbocycles. The van der Waals surface area contributed by atoms with Gasteiger partial charge >= 0.3 is 6.18 Å². The molecule has 0 saturated heterocycles. The Morgan fingerprint density at radius 3 is 2.42 bits per heavy atom. The van der Waals surface area contributed by atoms with E-state index in [4.69, 9.17) is 5.73 Å². The quantitative estimate of drug-likeness (QED) is 0.586. The molecular weight excluding hydrogens is 363 g/mol. The van der Waals surface area contributed by atoms with Crippen molar-refractivity contribution in [3.05, 3.63) is 58.5 Å². The first-order valence-corrected chi connectivity index (χ1v) is 8.62. The van der Waals surface area contributed by atoms with E-state index in [0.717, 1.165) is 18.6 Å². The Morgan fingerprint density at radius 2 is 1.77 bits per heavy atom. The van der Waals surface area contributed by atoms with Crippen molar-refractivity contribution in [2.75, 3.05) is 22.9 Å². The van der Waals surface area contributed by atoms with E-state index in [0.29, 0.717) is 29.6 Å². The van der Waals surface area contributed by atoms with E-state index >= 15 is 0 Å². The van der Waals surface area contributed by atoms with E-state index in [1.165, 1.54) is 23.3 Å². The Kier molecular flexibility index (Phi) is 5.27. The summed E-state index contributed by atoms with van der Waals surface area (Å²) in [5, 5.41) is 8.08. The summed E-state index contributed by atoms with van der Waals surface area (Å²) < 4.78 is 37.8. The van der Waals surface area contributed by atoms with Crippen LogP contribution < -0.4 is 16.4 Å². The van der Waals surface area contributed by atoms with Crippen LogP contribution >= 0.6 is 11.3 Å². The minimum atomic E-state index is -4.37. The molecule has 0 atom stereocenters. The van der Waals surface area contributed by atoms with Gasteiger partial charge in [0.1, 0.15) is 12.0 Å². The molecule has 0 fully saturated rings. The van der Waals surface area contributed by atoms with Crippen LogP contribution in [0.4, 0.5) is 36.2 Å². The summed E-state index contributed by atoms with van der Waals surface area (Å²) in [5.74, 6) is 0.810. The number of halogens is 3. The van der Waals surface area contributed by atoms with Crippen LogP contribution in [0.15, 0.2) is 48.1 Å². The van der Waals surface area contributed by atoms with Gasteiger partial charge in [-0.3, -0.25) is 0 Å². The van der Waals surface area contributed by atoms with E-state index < -0.39 is 11.7 Å². The normalized spacial score (nSPS) is 11.3. The lowest BCUT2D eigenvalue weighted by molar-refractivity contribution is -0.137. The van der Waals surface area contributed by atoms with Crippen LogP contribution in [-0.4, -0.2) is 16.5 Å². The average Bonchev–Trinajstić information content (AvgIpc) is 3.11. The number of nitrogens with one attached hydrogen (secondary N) is 2. The maximum atomic E-state index is 12.6. The highest BCUT2D eigenvalue weighted by molar-refractivity contribution is 7.09. The molecule has 0 amide bonds. The average molecular weight is 379 g/mol. The standard InChI is InChI=1S/C17H16F3N5S/c18-17(19,20)11-3-5-12(6-4-11)25-16-14(21)15(23-10-24-16)22-8-7-13-2-1-9-26-13/h1-6,9-10H,7-8,21H2,(H2,22,23,24,25). The number of benzene rings is 1. The van der Waals surface area contributed by atoms with Gasteiger partial charge in [-0.15, -0.1) is 11.3 Å². The van der Waals surface area contributed by atoms with Gasteiger partial charge in [0.25, 0.3) is 0 Å². The predicted molar refractivity (Wildman–Crippen MR) is 97.7 cm³/mol. The third-order valence-corrected chi connectivity index (χ3v) is 4.54. The Hall–Kier alpha value is -2.81. The lowest BCUT2D eigenvalue weighted by atomic mass is 10.2. The molecule has 9 heteroatoms. The summed E-state index contributed by atoms with van der Waals surface area (Å²) in [7, 11) is 0. The van der Waals surface area contributed by atoms with Crippen LogP contribution in [0, 0.1) is 0 Å². The second-order valence-electron chi connectivity index (χ2n) is 5.44. The van der Waals surface area contributed by atoms with Gasteiger partial charge in [0.2, 0.25) is 0 Å². The largest absolute Gasteiger partial charge is 0.416 e. The molecule has 0 aliphatic heterocycles. The maximum absolute atomic E-state index is 12.6. The van der Waals surface area contributed by atoms with Crippen molar-refractivity contribution in [1.29, 1.82) is 0 Å². The molecule has 0 saturated carbocycles. The molecule has 5 nitrogen and oxygen atoms in total. The zero-order valence-corrected chi connectivity index (χ0v) is 14.4. The van der Waals surface area contributed by atoms with Crippen molar-refractivity contribution in [1.82, 2.24) is 9.97 Å². The number of nitrogens with two attached hydrogens (primary N) is 1. The molecular formula is C17H16F3N5S. The highest BCUT2D eigenvalue weighted by Crippen LogP contribution is 2.31. The van der Waals surface area contributed by atoms with Gasteiger partial charge in [-0.05, 0) is 42.1 Å². The molecule has 0 spiro atoms. The smallest absolute Gasteiger partial charge is 0.393 e. The molecule has 26 heavy (non-hydrogen) atoms. The number of hydrogen-bond acceptors (Lipinski definition) is 6. The lowest BCUT2D eigenvalue weighted by Crippen LogP contribution is -2.10. The van der Waals surface area contributed by atoms with Crippen molar-refractivity contribution >= 4 is 34.3 Å². The molecule has 4 N–H and O–H groups in total. The zero-order chi connectivity index (χ0) is 18.6. The molecule has 1 aromatic carbocycles. The van der Waals surface area contributed by atoms with Crippen LogP contribution in [0.25, 0.3) is 0 Å². The molecule has 0 bridgehead atoms. The molecule has 3 aromatic rings. The fraction of sp³-hybridized carbons (Fsp3) is 0.176. The highest BCUT2D eigenvalue weighted by atomic mass is 32.1. The molecule has 0 unspecified atom stereocenters. The first-order valence-electron chi connectivity index (χ1n) is 7.74. The summed E-state index contributed by atoms with van der Waals surface area (Å²) in [6, 6.07) is 8.70. The van der Waals surface area contributed by atoms with E-state index in [-0.39, 0.29) is 0 Å². The van der Waals surface area contributed by atoms with E-state index in [2.05, 4.69) is 20.6 Å². The van der Waals surface area contributed by atoms with Crippen molar-refractivity contribution in [2.24, 2.45) is 0 Å². The Labute approximate surface area is 152 Å². The van der Waals surface area contributed by atoms with E-state index in [9.17, 15) is 13.2 Å². The summed E-state index contributed by atoms with van der Waals surface area (Å²) in [4.78, 5) is 9.41. The predicted octanol–water partition coefficient (Wildman–Crippen LogP) is 4.54. The third kappa shape index (κ3) is 4.42. The lowest BCUT2D eigenvalue weighted by Gasteiger charge is -2.13. The number of aromatic nitrogens is 2. The monoisotopic (exact) mass is 379 g/mol. The fourth-order valence-corrected chi connectivity index (χ4v) is 2.98. The van der Waals surface area contributed by atoms with Crippen LogP contribution in [0.2, 0.25) is 0 Å². The van der Waals surface area contributed by atoms with Crippen molar-refractivity contribution in [2.45, 2.75) is 12.6 Å². The van der Waals surface area contributed by atoms with Gasteiger partial charge in [-0.2, -0.15) is 13.2 Å². The van der Waals surface area contributed by atoms with Gasteiger partial charge in [-0.1, -0.05) is 6.07 Å². The SMILES string of the molecule is Nc1c(NCCc2cccs2)ncnc1Nc1ccc(C(F)(F)F)cc1. The van der Waals surface area contributed by atoms with Crippen LogP contribution in [0.5, 0.6) is 0 Å². The summed E-state index contributed by atoms with van der Waals surface area (Å²) >= 11 is 1.67. The molecule has 0 aliphatic rings. The number of thiophene rings is 1. The van der Waals surface area contributed by atoms with Crippen LogP contribution in [0.1, 0.15) is 10.4 Å². The topological polar surface area (TPSA) is 75.9 Å². The fourth-order valence-electron chi connectivity index (χ4n) is 2.27. The molecule has 136 valence electrons. The molecule has 0 radical (unpaired) electrons. The number of anilines is 4. The minimum absolute atomic E-state index is 0.304. The zero-order valence-electron chi connectivity index (χ0n) is 13.5. The first-order chi connectivity index (χ1) is 12.4. The van der Waals surface area contributed by atoms with Crippen LogP contribution in [0.3, 0.4) is 0 Å². The number of hydrogen-bond donors (Lipinski definition) is 3. The molecule has 2 heterocycles. The van der Waals surface area contributed by atoms with Crippen molar-refractivity contribution in [3.8, 4) is 0 Å². The van der Waals surface area contributed by atoms with Crippen molar-refractivity contribution < 1.29 is 13.2 Å². The Morgan fingerprint density at radius 1 is 1.04 bits per heavy atom. The third-order valence-electron chi connectivity index (χ3n) is 3.60. The summed E-state index contributed by atoms with van der Waals surface area (Å²) in [5.41, 5.74) is 6.11. The number of nitrogen functional groups attached to an aromatic ring is 1. The second-order valence-corrected chi connectivity index (χ2v) is 6.47. The van der Waals surface area contributed by atoms with Gasteiger partial charge in [0.05, 0.1) is 5.56 Å². The van der Waals surface area contributed by atoms with Gasteiger partial charge in [0, 0.05) is 17.1 Å². The number of rotatable bonds is 6. The Balaban J connectivity index is 1.66. The van der Waals surface area contributed by atoms with Crippen LogP contribution in [-0.2, 0) is 12.6 Å². The summed E-state index contributed by atoms with van der Waals surface area (Å²) in [6.45, 7) is 0.654. The number of nitrogens with zero attached hydrogens (tertiary/aromatic N) is 2. The molecule has 2 aromatic heterocycles. The summed E-state index contributed by atoms with van der Waals surface area (Å²) in [6.07, 6.45) is -2.19. The van der Waals surface area contributed by atoms with E-state index in [1.54, 1.807) is 11.3 Å². The number of alkyl halides is 3. The van der Waals surface area contributed by atoms with Gasteiger partial charge in [0.15, 0.2) is 11.6 Å². The van der Waals surface area contributed by atoms with Gasteiger partial charge in [-0.25, -0.2) is 9.97 Å². The van der Waals surface area contributed by atoms with Crippen molar-refractivity contribution in [3.63, 3.8) is 0 Å². The highest BCUT2D eigenvalue weighted by Gasteiger charge is 2.29. The van der Waals surface area contributed by atoms with E-state index in [1.807, 2.05) is 17.5 Å². The first kappa shape index (κ1) is 18.0. The van der Waals surface area contributed by atoms with Gasteiger partial charge < -0.3 is 16.4 Å². The Bertz CT molecular complexity index is 848. The molecule has 3 rings (SSSR count). The minimum Gasteiger partial charge on any atom is -0.393 e. The second kappa shape index (κ2) is 7.61. The maximum Gasteiger partial charge on any atom is 0.416 e.